The summed E-state index contributed by atoms with van der Waals surface area (Å²) in [7, 11) is 0. The Labute approximate surface area is 160 Å². The highest BCUT2D eigenvalue weighted by Crippen LogP contribution is 2.24. The van der Waals surface area contributed by atoms with Crippen molar-refractivity contribution in [2.75, 3.05) is 11.1 Å². The predicted octanol–water partition coefficient (Wildman–Crippen LogP) is 4.02. The second kappa shape index (κ2) is 8.25. The monoisotopic (exact) mass is 388 g/mol. The molecule has 0 saturated heterocycles. The molecule has 0 bridgehead atoms. The Bertz CT molecular complexity index is 912. The third-order valence-electron chi connectivity index (χ3n) is 3.59. The second-order valence-corrected chi connectivity index (χ2v) is 7.00. The average molecular weight is 389 g/mol. The fourth-order valence-electron chi connectivity index (χ4n) is 2.36. The predicted molar refractivity (Wildman–Crippen MR) is 103 cm³/mol. The van der Waals surface area contributed by atoms with E-state index < -0.39 is 5.97 Å². The second-order valence-electron chi connectivity index (χ2n) is 5.62. The fraction of sp³-hybridized carbons (Fsp3) is 0.167. The molecule has 0 saturated carbocycles. The number of nitrogens with zero attached hydrogens (tertiary/aromatic N) is 3. The Morgan fingerprint density at radius 2 is 2.00 bits per heavy atom. The Kier molecular flexibility index (Phi) is 5.80. The van der Waals surface area contributed by atoms with Gasteiger partial charge in [0.15, 0.2) is 11.0 Å². The van der Waals surface area contributed by atoms with Gasteiger partial charge in [-0.3, -0.25) is 9.36 Å². The van der Waals surface area contributed by atoms with Gasteiger partial charge in [0.1, 0.15) is 0 Å². The standard InChI is InChI=1S/C18H17ClN4O2S/c1-12-5-7-14(8-6-12)20-10-16-21-22-18(26-11-17(24)25)23(16)15-4-2-3-13(19)9-15/h2-9,20H,10-11H2,1H3,(H,24,25). The normalized spacial score (nSPS) is 10.7. The first-order valence-corrected chi connectivity index (χ1v) is 9.24. The van der Waals surface area contributed by atoms with Gasteiger partial charge < -0.3 is 10.4 Å². The van der Waals surface area contributed by atoms with E-state index in [-0.39, 0.29) is 5.75 Å². The van der Waals surface area contributed by atoms with Gasteiger partial charge in [-0.05, 0) is 37.3 Å². The van der Waals surface area contributed by atoms with E-state index >= 15 is 0 Å². The van der Waals surface area contributed by atoms with E-state index in [1.165, 1.54) is 5.56 Å². The van der Waals surface area contributed by atoms with Crippen molar-refractivity contribution in [2.24, 2.45) is 0 Å². The Hall–Kier alpha value is -2.51. The summed E-state index contributed by atoms with van der Waals surface area (Å²) in [6, 6.07) is 15.3. The quantitative estimate of drug-likeness (QED) is 0.595. The van der Waals surface area contributed by atoms with Crippen LogP contribution in [0.15, 0.2) is 53.7 Å². The number of hydrogen-bond acceptors (Lipinski definition) is 5. The van der Waals surface area contributed by atoms with E-state index in [1.807, 2.05) is 47.9 Å². The number of aryl methyl sites for hydroxylation is 1. The number of benzene rings is 2. The highest BCUT2D eigenvalue weighted by Gasteiger charge is 2.16. The van der Waals surface area contributed by atoms with Gasteiger partial charge >= 0.3 is 5.97 Å². The van der Waals surface area contributed by atoms with Crippen LogP contribution in [0.25, 0.3) is 5.69 Å². The van der Waals surface area contributed by atoms with Crippen molar-refractivity contribution in [3.8, 4) is 5.69 Å². The van der Waals surface area contributed by atoms with Gasteiger partial charge in [0, 0.05) is 10.7 Å². The van der Waals surface area contributed by atoms with E-state index in [9.17, 15) is 4.79 Å². The smallest absolute Gasteiger partial charge is 0.313 e. The van der Waals surface area contributed by atoms with Crippen molar-refractivity contribution in [1.29, 1.82) is 0 Å². The first-order valence-electron chi connectivity index (χ1n) is 7.88. The summed E-state index contributed by atoms with van der Waals surface area (Å²) in [5.41, 5.74) is 2.94. The molecule has 0 amide bonds. The van der Waals surface area contributed by atoms with Crippen molar-refractivity contribution >= 4 is 35.0 Å². The summed E-state index contributed by atoms with van der Waals surface area (Å²) in [6.45, 7) is 2.47. The van der Waals surface area contributed by atoms with E-state index in [0.717, 1.165) is 23.1 Å². The molecule has 26 heavy (non-hydrogen) atoms. The Morgan fingerprint density at radius 3 is 2.69 bits per heavy atom. The number of carboxylic acids is 1. The third kappa shape index (κ3) is 4.56. The number of nitrogens with one attached hydrogen (secondary N) is 1. The minimum absolute atomic E-state index is 0.0932. The van der Waals surface area contributed by atoms with E-state index in [1.54, 1.807) is 12.1 Å². The summed E-state index contributed by atoms with van der Waals surface area (Å²) < 4.78 is 1.82. The molecule has 2 aromatic carbocycles. The molecule has 0 aliphatic heterocycles. The van der Waals surface area contributed by atoms with E-state index in [2.05, 4.69) is 15.5 Å². The SMILES string of the molecule is Cc1ccc(NCc2nnc(SCC(=O)O)n2-c2cccc(Cl)c2)cc1. The maximum absolute atomic E-state index is 10.9. The number of hydrogen-bond donors (Lipinski definition) is 2. The zero-order valence-corrected chi connectivity index (χ0v) is 15.6. The summed E-state index contributed by atoms with van der Waals surface area (Å²) in [5.74, 6) is -0.333. The van der Waals surface area contributed by atoms with Gasteiger partial charge in [-0.2, -0.15) is 0 Å². The average Bonchev–Trinajstić information content (AvgIpc) is 3.02. The maximum Gasteiger partial charge on any atom is 0.313 e. The molecule has 2 N–H and O–H groups in total. The van der Waals surface area contributed by atoms with Crippen molar-refractivity contribution in [3.63, 3.8) is 0 Å². The summed E-state index contributed by atoms with van der Waals surface area (Å²) >= 11 is 7.23. The van der Waals surface area contributed by atoms with Gasteiger partial charge in [0.25, 0.3) is 0 Å². The maximum atomic E-state index is 10.9. The number of rotatable bonds is 7. The molecule has 0 radical (unpaired) electrons. The van der Waals surface area contributed by atoms with Crippen LogP contribution >= 0.6 is 23.4 Å². The molecule has 134 valence electrons. The summed E-state index contributed by atoms with van der Waals surface area (Å²) in [6.07, 6.45) is 0. The topological polar surface area (TPSA) is 80.0 Å². The summed E-state index contributed by atoms with van der Waals surface area (Å²) in [5, 5.41) is 21.7. The fourth-order valence-corrected chi connectivity index (χ4v) is 3.24. The molecular weight excluding hydrogens is 372 g/mol. The summed E-state index contributed by atoms with van der Waals surface area (Å²) in [4.78, 5) is 10.9. The number of aliphatic carboxylic acids is 1. The van der Waals surface area contributed by atoms with Crippen LogP contribution in [0.4, 0.5) is 5.69 Å². The Balaban J connectivity index is 1.88. The Morgan fingerprint density at radius 1 is 1.23 bits per heavy atom. The van der Waals surface area contributed by atoms with Crippen molar-refractivity contribution in [1.82, 2.24) is 14.8 Å². The van der Waals surface area contributed by atoms with Crippen molar-refractivity contribution in [2.45, 2.75) is 18.6 Å². The lowest BCUT2D eigenvalue weighted by Crippen LogP contribution is -2.09. The molecule has 0 atom stereocenters. The molecule has 0 unspecified atom stereocenters. The van der Waals surface area contributed by atoms with Crippen LogP contribution in [-0.4, -0.2) is 31.6 Å². The van der Waals surface area contributed by atoms with Crippen LogP contribution in [0.3, 0.4) is 0 Å². The van der Waals surface area contributed by atoms with Crippen LogP contribution in [0.5, 0.6) is 0 Å². The molecule has 0 spiro atoms. The number of anilines is 1. The van der Waals surface area contributed by atoms with Crippen LogP contribution in [0, 0.1) is 6.92 Å². The number of aromatic nitrogens is 3. The van der Waals surface area contributed by atoms with Gasteiger partial charge in [0.05, 0.1) is 18.0 Å². The molecule has 3 rings (SSSR count). The molecule has 1 aromatic heterocycles. The lowest BCUT2D eigenvalue weighted by molar-refractivity contribution is -0.133. The molecule has 0 aliphatic carbocycles. The highest BCUT2D eigenvalue weighted by molar-refractivity contribution is 7.99. The van der Waals surface area contributed by atoms with Gasteiger partial charge in [-0.15, -0.1) is 10.2 Å². The lowest BCUT2D eigenvalue weighted by atomic mass is 10.2. The number of carbonyl (C=O) groups is 1. The number of thioether (sulfide) groups is 1. The van der Waals surface area contributed by atoms with Gasteiger partial charge in [-0.1, -0.05) is 47.1 Å². The third-order valence-corrected chi connectivity index (χ3v) is 4.74. The zero-order chi connectivity index (χ0) is 18.5. The van der Waals surface area contributed by atoms with Crippen molar-refractivity contribution < 1.29 is 9.90 Å². The molecular formula is C18H17ClN4O2S. The number of halogens is 1. The molecule has 3 aromatic rings. The van der Waals surface area contributed by atoms with Crippen LogP contribution in [0.2, 0.25) is 5.02 Å². The minimum atomic E-state index is -0.907. The van der Waals surface area contributed by atoms with Crippen LogP contribution in [0.1, 0.15) is 11.4 Å². The largest absolute Gasteiger partial charge is 0.481 e. The lowest BCUT2D eigenvalue weighted by Gasteiger charge is -2.11. The molecule has 1 heterocycles. The zero-order valence-electron chi connectivity index (χ0n) is 14.0. The van der Waals surface area contributed by atoms with Gasteiger partial charge in [-0.25, -0.2) is 0 Å². The van der Waals surface area contributed by atoms with E-state index in [0.29, 0.717) is 22.5 Å². The molecule has 0 fully saturated rings. The molecule has 6 nitrogen and oxygen atoms in total. The first-order chi connectivity index (χ1) is 12.5. The first kappa shape index (κ1) is 18.3. The van der Waals surface area contributed by atoms with Crippen LogP contribution in [-0.2, 0) is 11.3 Å². The highest BCUT2D eigenvalue weighted by atomic mass is 35.5. The van der Waals surface area contributed by atoms with Gasteiger partial charge in [0.2, 0.25) is 0 Å². The van der Waals surface area contributed by atoms with E-state index in [4.69, 9.17) is 16.7 Å². The molecule has 8 heteroatoms. The molecule has 0 aliphatic rings. The number of carboxylic acid groups (broad SMARTS) is 1. The van der Waals surface area contributed by atoms with Crippen molar-refractivity contribution in [3.05, 3.63) is 64.9 Å². The van der Waals surface area contributed by atoms with Crippen LogP contribution < -0.4 is 5.32 Å². The minimum Gasteiger partial charge on any atom is -0.481 e.